The molecule has 2 unspecified atom stereocenters. The Bertz CT molecular complexity index is 368. The van der Waals surface area contributed by atoms with Crippen LogP contribution in [0, 0.1) is 5.92 Å². The number of aryl methyl sites for hydroxylation is 1. The maximum absolute atomic E-state index is 11.0. The van der Waals surface area contributed by atoms with Crippen molar-refractivity contribution in [3.05, 3.63) is 5.82 Å². The summed E-state index contributed by atoms with van der Waals surface area (Å²) < 4.78 is 1.48. The van der Waals surface area contributed by atoms with E-state index in [0.29, 0.717) is 18.2 Å². The van der Waals surface area contributed by atoms with E-state index in [0.717, 1.165) is 12.8 Å². The van der Waals surface area contributed by atoms with Gasteiger partial charge in [0.15, 0.2) is 5.82 Å². The molecule has 82 valence electrons. The number of rotatable bonds is 2. The zero-order valence-electron chi connectivity index (χ0n) is 8.55. The van der Waals surface area contributed by atoms with Crippen molar-refractivity contribution in [1.29, 1.82) is 0 Å². The first-order chi connectivity index (χ1) is 7.09. The van der Waals surface area contributed by atoms with Gasteiger partial charge in [-0.05, 0) is 12.8 Å². The van der Waals surface area contributed by atoms with Gasteiger partial charge in [-0.15, -0.1) is 0 Å². The predicted octanol–water partition coefficient (Wildman–Crippen LogP) is 0.366. The number of nitrogens with two attached hydrogens (primary N) is 1. The van der Waals surface area contributed by atoms with E-state index in [4.69, 9.17) is 10.8 Å². The number of nitrogens with zero attached hydrogens (tertiary/aromatic N) is 3. The van der Waals surface area contributed by atoms with Crippen LogP contribution in [0.4, 0.5) is 5.95 Å². The summed E-state index contributed by atoms with van der Waals surface area (Å²) in [6.45, 7) is 0. The molecule has 6 heteroatoms. The summed E-state index contributed by atoms with van der Waals surface area (Å²) in [7, 11) is 1.70. The lowest BCUT2D eigenvalue weighted by molar-refractivity contribution is -0.142. The number of aliphatic carboxylic acids is 1. The van der Waals surface area contributed by atoms with Crippen LogP contribution < -0.4 is 5.73 Å². The molecule has 15 heavy (non-hydrogen) atoms. The molecule has 1 fully saturated rings. The van der Waals surface area contributed by atoms with Crippen LogP contribution in [-0.2, 0) is 11.8 Å². The molecule has 2 atom stereocenters. The van der Waals surface area contributed by atoms with Gasteiger partial charge in [-0.2, -0.15) is 10.1 Å². The number of anilines is 1. The van der Waals surface area contributed by atoms with Gasteiger partial charge in [0, 0.05) is 13.0 Å². The number of carboxylic acids is 1. The maximum Gasteiger partial charge on any atom is 0.307 e. The quantitative estimate of drug-likeness (QED) is 0.735. The Balaban J connectivity index is 2.26. The zero-order valence-corrected chi connectivity index (χ0v) is 8.55. The van der Waals surface area contributed by atoms with Crippen molar-refractivity contribution in [2.75, 3.05) is 5.73 Å². The van der Waals surface area contributed by atoms with Crippen molar-refractivity contribution in [3.63, 3.8) is 0 Å². The molecule has 0 amide bonds. The normalized spacial score (nSPS) is 25.7. The highest BCUT2D eigenvalue weighted by Crippen LogP contribution is 2.38. The van der Waals surface area contributed by atoms with Gasteiger partial charge >= 0.3 is 5.97 Å². The van der Waals surface area contributed by atoms with E-state index in [1.165, 1.54) is 4.68 Å². The Kier molecular flexibility index (Phi) is 2.34. The van der Waals surface area contributed by atoms with E-state index in [1.807, 2.05) is 0 Å². The molecular weight excluding hydrogens is 196 g/mol. The topological polar surface area (TPSA) is 94.0 Å². The second-order valence-corrected chi connectivity index (χ2v) is 3.93. The van der Waals surface area contributed by atoms with Crippen molar-refractivity contribution in [2.24, 2.45) is 13.0 Å². The fourth-order valence-electron chi connectivity index (χ4n) is 2.14. The average molecular weight is 210 g/mol. The molecule has 0 aromatic carbocycles. The van der Waals surface area contributed by atoms with Crippen LogP contribution in [0.25, 0.3) is 0 Å². The van der Waals surface area contributed by atoms with Gasteiger partial charge in [-0.1, -0.05) is 6.42 Å². The molecule has 1 aliphatic rings. The molecule has 0 saturated heterocycles. The molecule has 0 aliphatic heterocycles. The third-order valence-corrected chi connectivity index (χ3v) is 2.98. The first-order valence-electron chi connectivity index (χ1n) is 4.99. The number of aromatic nitrogens is 3. The maximum atomic E-state index is 11.0. The Morgan fingerprint density at radius 2 is 2.33 bits per heavy atom. The SMILES string of the molecule is Cn1nc(C2CCCC2C(=O)O)nc1N. The fraction of sp³-hybridized carbons (Fsp3) is 0.667. The van der Waals surface area contributed by atoms with E-state index in [-0.39, 0.29) is 11.8 Å². The highest BCUT2D eigenvalue weighted by Gasteiger charge is 2.36. The number of hydrogen-bond donors (Lipinski definition) is 2. The first kappa shape index (κ1) is 9.95. The van der Waals surface area contributed by atoms with Gasteiger partial charge < -0.3 is 10.8 Å². The van der Waals surface area contributed by atoms with Crippen LogP contribution in [0.15, 0.2) is 0 Å². The van der Waals surface area contributed by atoms with Crippen LogP contribution in [-0.4, -0.2) is 25.8 Å². The number of carboxylic acid groups (broad SMARTS) is 1. The molecule has 0 spiro atoms. The van der Waals surface area contributed by atoms with Crippen molar-refractivity contribution in [1.82, 2.24) is 14.8 Å². The van der Waals surface area contributed by atoms with Gasteiger partial charge in [-0.3, -0.25) is 4.79 Å². The van der Waals surface area contributed by atoms with Crippen molar-refractivity contribution >= 4 is 11.9 Å². The van der Waals surface area contributed by atoms with E-state index < -0.39 is 5.97 Å². The lowest BCUT2D eigenvalue weighted by atomic mass is 9.96. The van der Waals surface area contributed by atoms with Gasteiger partial charge in [0.25, 0.3) is 0 Å². The Labute approximate surface area is 87.1 Å². The third-order valence-electron chi connectivity index (χ3n) is 2.98. The smallest absolute Gasteiger partial charge is 0.307 e. The summed E-state index contributed by atoms with van der Waals surface area (Å²) in [5.41, 5.74) is 5.57. The summed E-state index contributed by atoms with van der Waals surface area (Å²) in [5, 5.41) is 13.2. The van der Waals surface area contributed by atoms with E-state index in [2.05, 4.69) is 10.1 Å². The molecule has 1 saturated carbocycles. The standard InChI is InChI=1S/C9H14N4O2/c1-13-9(10)11-7(12-13)5-3-2-4-6(5)8(14)15/h5-6H,2-4H2,1H3,(H,14,15)(H2,10,11,12). The third kappa shape index (κ3) is 1.67. The molecule has 0 bridgehead atoms. The Hall–Kier alpha value is -1.59. The molecule has 0 radical (unpaired) electrons. The average Bonchev–Trinajstić information content (AvgIpc) is 2.73. The molecular formula is C9H14N4O2. The largest absolute Gasteiger partial charge is 0.481 e. The highest BCUT2D eigenvalue weighted by molar-refractivity contribution is 5.71. The number of carbonyl (C=O) groups is 1. The number of nitrogen functional groups attached to an aromatic ring is 1. The minimum Gasteiger partial charge on any atom is -0.481 e. The minimum absolute atomic E-state index is 0.0778. The molecule has 6 nitrogen and oxygen atoms in total. The molecule has 2 rings (SSSR count). The molecule has 1 heterocycles. The molecule has 1 aromatic rings. The Morgan fingerprint density at radius 3 is 2.87 bits per heavy atom. The summed E-state index contributed by atoms with van der Waals surface area (Å²) in [5.74, 6) is -0.290. The van der Waals surface area contributed by atoms with Crippen LogP contribution >= 0.6 is 0 Å². The Morgan fingerprint density at radius 1 is 1.60 bits per heavy atom. The minimum atomic E-state index is -0.761. The van der Waals surface area contributed by atoms with Crippen LogP contribution in [0.2, 0.25) is 0 Å². The summed E-state index contributed by atoms with van der Waals surface area (Å²) in [6.07, 6.45) is 2.46. The van der Waals surface area contributed by atoms with Gasteiger partial charge in [0.1, 0.15) is 0 Å². The van der Waals surface area contributed by atoms with Gasteiger partial charge in [-0.25, -0.2) is 4.68 Å². The van der Waals surface area contributed by atoms with Gasteiger partial charge in [0.2, 0.25) is 5.95 Å². The summed E-state index contributed by atoms with van der Waals surface area (Å²) >= 11 is 0. The second kappa shape index (κ2) is 3.52. The first-order valence-corrected chi connectivity index (χ1v) is 4.99. The van der Waals surface area contributed by atoms with E-state index >= 15 is 0 Å². The lowest BCUT2D eigenvalue weighted by Crippen LogP contribution is -2.17. The second-order valence-electron chi connectivity index (χ2n) is 3.93. The monoisotopic (exact) mass is 210 g/mol. The predicted molar refractivity (Wildman–Crippen MR) is 53.1 cm³/mol. The zero-order chi connectivity index (χ0) is 11.0. The molecule has 1 aliphatic carbocycles. The van der Waals surface area contributed by atoms with Crippen molar-refractivity contribution in [3.8, 4) is 0 Å². The van der Waals surface area contributed by atoms with Crippen molar-refractivity contribution in [2.45, 2.75) is 25.2 Å². The molecule has 1 aromatic heterocycles. The lowest BCUT2D eigenvalue weighted by Gasteiger charge is -2.10. The highest BCUT2D eigenvalue weighted by atomic mass is 16.4. The molecule has 3 N–H and O–H groups in total. The summed E-state index contributed by atoms with van der Waals surface area (Å²) in [6, 6.07) is 0. The van der Waals surface area contributed by atoms with Gasteiger partial charge in [0.05, 0.1) is 5.92 Å². The van der Waals surface area contributed by atoms with Crippen LogP contribution in [0.3, 0.4) is 0 Å². The van der Waals surface area contributed by atoms with E-state index in [9.17, 15) is 4.79 Å². The van der Waals surface area contributed by atoms with E-state index in [1.54, 1.807) is 7.05 Å². The van der Waals surface area contributed by atoms with Crippen LogP contribution in [0.1, 0.15) is 31.0 Å². The summed E-state index contributed by atoms with van der Waals surface area (Å²) in [4.78, 5) is 15.1. The van der Waals surface area contributed by atoms with Crippen molar-refractivity contribution < 1.29 is 9.90 Å². The van der Waals surface area contributed by atoms with Crippen LogP contribution in [0.5, 0.6) is 0 Å². The fourth-order valence-corrected chi connectivity index (χ4v) is 2.14. The number of hydrogen-bond acceptors (Lipinski definition) is 4.